The van der Waals surface area contributed by atoms with Crippen molar-refractivity contribution in [3.8, 4) is 40.0 Å². The molecule has 0 bridgehead atoms. The quantitative estimate of drug-likeness (QED) is 0.111. The third-order valence-corrected chi connectivity index (χ3v) is 16.7. The molecule has 4 aromatic carbocycles. The molecule has 0 radical (unpaired) electrons. The highest BCUT2D eigenvalue weighted by atomic mass is 35.5. The zero-order chi connectivity index (χ0) is 47.9. The Hall–Kier alpha value is -5.33. The van der Waals surface area contributed by atoms with Gasteiger partial charge in [-0.2, -0.15) is 0 Å². The zero-order valence-corrected chi connectivity index (χ0v) is 41.4. The van der Waals surface area contributed by atoms with Gasteiger partial charge in [-0.25, -0.2) is 14.4 Å². The van der Waals surface area contributed by atoms with Crippen LogP contribution in [0.2, 0.25) is 10.0 Å². The van der Waals surface area contributed by atoms with Gasteiger partial charge in [0, 0.05) is 35.3 Å². The van der Waals surface area contributed by atoms with Crippen LogP contribution >= 0.6 is 23.2 Å². The van der Waals surface area contributed by atoms with E-state index >= 15 is 14.0 Å². The van der Waals surface area contributed by atoms with Crippen molar-refractivity contribution in [1.82, 2.24) is 29.7 Å². The topological polar surface area (TPSA) is 122 Å². The maximum atomic E-state index is 17.5. The van der Waals surface area contributed by atoms with Crippen molar-refractivity contribution in [2.75, 3.05) is 21.3 Å². The second kappa shape index (κ2) is 19.8. The largest absolute Gasteiger partial charge is 0.497 e. The summed E-state index contributed by atoms with van der Waals surface area (Å²) >= 11 is 13.5. The molecule has 6 aromatic rings. The molecule has 4 fully saturated rings. The number of hydrogen-bond acceptors (Lipinski definition) is 7. The Morgan fingerprint density at radius 1 is 0.551 bits per heavy atom. The van der Waals surface area contributed by atoms with E-state index in [1.54, 1.807) is 33.5 Å². The van der Waals surface area contributed by atoms with Crippen molar-refractivity contribution in [2.45, 2.75) is 139 Å². The number of nitrogens with zero attached hydrogens (tertiary/aromatic N) is 4. The van der Waals surface area contributed by atoms with Crippen LogP contribution in [0.3, 0.4) is 0 Å². The number of carbonyl (C=O) groups excluding carboxylic acids is 2. The standard InChI is InChI=1S/C55H63Cl2FN6O5/c1-67-40-24-27-45-47(32-40)63(50(61-45)34-23-29-49(69-3)43(57)30-34)54(36-14-6-4-7-15-36,52(65)59-38-18-10-11-19-38)55(37-16-8-5-9-17-37,53(66)60-39-20-12-13-21-39)64-48-33-41(68-2)25-28-46(48)62-51(64)35-22-26-42(56)44(58)31-35/h22-33,36-39H,4-21H2,1-3H3,(H,59,65)(H,60,66). The van der Waals surface area contributed by atoms with Crippen LogP contribution in [-0.4, -0.2) is 64.3 Å². The molecule has 364 valence electrons. The second-order valence-corrected chi connectivity index (χ2v) is 20.7. The third kappa shape index (κ3) is 8.21. The van der Waals surface area contributed by atoms with E-state index in [4.69, 9.17) is 47.4 Å². The molecule has 2 N–H and O–H groups in total. The van der Waals surface area contributed by atoms with Crippen LogP contribution in [0.4, 0.5) is 4.39 Å². The van der Waals surface area contributed by atoms with Gasteiger partial charge in [0.25, 0.3) is 0 Å². The Morgan fingerprint density at radius 3 is 1.41 bits per heavy atom. The van der Waals surface area contributed by atoms with Crippen molar-refractivity contribution in [2.24, 2.45) is 11.8 Å². The number of halogens is 3. The number of amides is 2. The highest BCUT2D eigenvalue weighted by Gasteiger charge is 2.71. The van der Waals surface area contributed by atoms with Crippen LogP contribution in [0.1, 0.15) is 116 Å². The summed E-state index contributed by atoms with van der Waals surface area (Å²) in [5, 5.41) is 7.79. The number of imidazole rings is 2. The lowest BCUT2D eigenvalue weighted by Crippen LogP contribution is -2.76. The molecule has 2 unspecified atom stereocenters. The van der Waals surface area contributed by atoms with Gasteiger partial charge in [0.15, 0.2) is 11.1 Å². The molecule has 4 aliphatic rings. The molecule has 4 aliphatic carbocycles. The van der Waals surface area contributed by atoms with E-state index in [1.807, 2.05) is 54.6 Å². The molecule has 2 aromatic heterocycles. The number of hydrogen-bond donors (Lipinski definition) is 2. The summed E-state index contributed by atoms with van der Waals surface area (Å²) in [6.07, 6.45) is 15.1. The van der Waals surface area contributed by atoms with Crippen LogP contribution in [0.5, 0.6) is 17.2 Å². The molecular formula is C55H63Cl2FN6O5. The number of ether oxygens (including phenoxy) is 3. The van der Waals surface area contributed by atoms with Gasteiger partial charge in [0.1, 0.15) is 34.7 Å². The minimum absolute atomic E-state index is 0.0327. The normalized spacial score (nSPS) is 19.4. The predicted octanol–water partition coefficient (Wildman–Crippen LogP) is 12.6. The molecule has 2 amide bonds. The number of aromatic nitrogens is 4. The number of fused-ring (bicyclic) bond motifs is 2. The van der Waals surface area contributed by atoms with Crippen LogP contribution in [-0.2, 0) is 20.7 Å². The summed E-state index contributed by atoms with van der Waals surface area (Å²) in [6.45, 7) is 0. The van der Waals surface area contributed by atoms with Crippen molar-refractivity contribution in [3.05, 3.63) is 88.7 Å². The van der Waals surface area contributed by atoms with Crippen molar-refractivity contribution >= 4 is 57.1 Å². The monoisotopic (exact) mass is 976 g/mol. The average Bonchev–Trinajstić information content (AvgIpc) is 4.22. The van der Waals surface area contributed by atoms with Gasteiger partial charge in [-0.3, -0.25) is 9.59 Å². The van der Waals surface area contributed by atoms with Gasteiger partial charge in [-0.05, 0) is 124 Å². The summed E-state index contributed by atoms with van der Waals surface area (Å²) in [5.74, 6) is 0.458. The van der Waals surface area contributed by atoms with E-state index in [2.05, 4.69) is 19.8 Å². The van der Waals surface area contributed by atoms with Crippen molar-refractivity contribution in [3.63, 3.8) is 0 Å². The van der Waals surface area contributed by atoms with Crippen molar-refractivity contribution < 1.29 is 28.2 Å². The number of carbonyl (C=O) groups is 2. The van der Waals surface area contributed by atoms with E-state index < -0.39 is 28.7 Å². The Balaban J connectivity index is 1.47. The van der Waals surface area contributed by atoms with Gasteiger partial charge in [0.2, 0.25) is 11.8 Å². The second-order valence-electron chi connectivity index (χ2n) is 19.8. The van der Waals surface area contributed by atoms with E-state index in [0.29, 0.717) is 92.8 Å². The number of methoxy groups -OCH3 is 3. The molecule has 14 heteroatoms. The summed E-state index contributed by atoms with van der Waals surface area (Å²) in [5.41, 5.74) is -0.102. The summed E-state index contributed by atoms with van der Waals surface area (Å²) in [7, 11) is 4.84. The first-order valence-electron chi connectivity index (χ1n) is 25.2. The molecule has 11 nitrogen and oxygen atoms in total. The third-order valence-electron chi connectivity index (χ3n) is 16.1. The van der Waals surface area contributed by atoms with Gasteiger partial charge in [0.05, 0.1) is 53.4 Å². The van der Waals surface area contributed by atoms with Gasteiger partial charge in [-0.1, -0.05) is 87.4 Å². The van der Waals surface area contributed by atoms with Gasteiger partial charge in [-0.15, -0.1) is 0 Å². The molecular weight excluding hydrogens is 915 g/mol. The Labute approximate surface area is 413 Å². The lowest BCUT2D eigenvalue weighted by atomic mass is 9.55. The fourth-order valence-corrected chi connectivity index (χ4v) is 13.3. The maximum Gasteiger partial charge on any atom is 0.249 e. The maximum absolute atomic E-state index is 17.5. The lowest BCUT2D eigenvalue weighted by molar-refractivity contribution is -0.163. The van der Waals surface area contributed by atoms with Crippen LogP contribution in [0, 0.1) is 17.7 Å². The Morgan fingerprint density at radius 2 is 0.986 bits per heavy atom. The summed E-state index contributed by atoms with van der Waals surface area (Å²) < 4.78 is 38.1. The zero-order valence-electron chi connectivity index (χ0n) is 39.9. The fourth-order valence-electron chi connectivity index (χ4n) is 12.9. The lowest BCUT2D eigenvalue weighted by Gasteiger charge is -2.58. The smallest absolute Gasteiger partial charge is 0.249 e. The summed E-state index contributed by atoms with van der Waals surface area (Å²) in [4.78, 5) is 46.0. The molecule has 69 heavy (non-hydrogen) atoms. The first-order chi connectivity index (χ1) is 33.6. The fraction of sp³-hybridized carbons (Fsp3) is 0.491. The van der Waals surface area contributed by atoms with Crippen LogP contribution in [0.25, 0.3) is 44.8 Å². The Bertz CT molecular complexity index is 2860. The number of rotatable bonds is 14. The first kappa shape index (κ1) is 47.4. The molecule has 4 saturated carbocycles. The molecule has 2 atom stereocenters. The van der Waals surface area contributed by atoms with E-state index in [-0.39, 0.29) is 28.9 Å². The Kier molecular flexibility index (Phi) is 13.6. The number of nitrogens with one attached hydrogen (secondary N) is 2. The highest BCUT2D eigenvalue weighted by molar-refractivity contribution is 6.32. The first-order valence-corrected chi connectivity index (χ1v) is 25.9. The van der Waals surface area contributed by atoms with E-state index in [1.165, 1.54) is 6.07 Å². The molecule has 2 heterocycles. The predicted molar refractivity (Wildman–Crippen MR) is 270 cm³/mol. The molecule has 0 spiro atoms. The highest BCUT2D eigenvalue weighted by Crippen LogP contribution is 2.59. The molecule has 10 rings (SSSR count). The molecule has 0 aliphatic heterocycles. The minimum atomic E-state index is -1.81. The van der Waals surface area contributed by atoms with Gasteiger partial charge >= 0.3 is 0 Å². The minimum Gasteiger partial charge on any atom is -0.497 e. The van der Waals surface area contributed by atoms with Gasteiger partial charge < -0.3 is 34.0 Å². The average molecular weight is 978 g/mol. The van der Waals surface area contributed by atoms with Crippen LogP contribution in [0.15, 0.2) is 72.8 Å². The number of benzene rings is 4. The van der Waals surface area contributed by atoms with Crippen LogP contribution < -0.4 is 24.8 Å². The molecule has 0 saturated heterocycles. The van der Waals surface area contributed by atoms with E-state index in [9.17, 15) is 0 Å². The SMILES string of the molecule is COc1ccc2nc(-c3ccc(Cl)c(F)c3)n(C(C(=O)NC3CCCC3)(C3CCCCC3)C(C(=O)NC3CCCC3)(C3CCCCC3)n3c(-c4ccc(OC)c(Cl)c4)nc4ccc(OC)cc43)c2c1. The summed E-state index contributed by atoms with van der Waals surface area (Å²) in [6, 6.07) is 21.5. The van der Waals surface area contributed by atoms with E-state index in [0.717, 1.165) is 89.9 Å². The van der Waals surface area contributed by atoms with Crippen molar-refractivity contribution in [1.29, 1.82) is 0 Å².